The lowest BCUT2D eigenvalue weighted by Crippen LogP contribution is -2.36. The summed E-state index contributed by atoms with van der Waals surface area (Å²) in [5.74, 6) is 1.02. The molecule has 3 rings (SSSR count). The number of nitrogens with two attached hydrogens (primary N) is 1. The Balaban J connectivity index is 1.66. The van der Waals surface area contributed by atoms with E-state index >= 15 is 0 Å². The highest BCUT2D eigenvalue weighted by Crippen LogP contribution is 2.21. The first-order chi connectivity index (χ1) is 9.72. The second-order valence-electron chi connectivity index (χ2n) is 5.18. The van der Waals surface area contributed by atoms with Crippen LogP contribution < -0.4 is 5.73 Å². The number of aromatic nitrogens is 3. The van der Waals surface area contributed by atoms with E-state index in [1.54, 1.807) is 11.3 Å². The van der Waals surface area contributed by atoms with E-state index in [9.17, 15) is 0 Å². The fourth-order valence-electron chi connectivity index (χ4n) is 2.45. The van der Waals surface area contributed by atoms with Gasteiger partial charge in [0.1, 0.15) is 5.69 Å². The number of hydrogen-bond donors (Lipinski definition) is 1. The van der Waals surface area contributed by atoms with E-state index in [0.717, 1.165) is 30.3 Å². The Labute approximate surface area is 122 Å². The lowest BCUT2D eigenvalue weighted by atomic mass is 10.1. The predicted molar refractivity (Wildman–Crippen MR) is 77.4 cm³/mol. The van der Waals surface area contributed by atoms with Gasteiger partial charge in [-0.2, -0.15) is 4.98 Å². The van der Waals surface area contributed by atoms with E-state index in [-0.39, 0.29) is 6.04 Å². The first-order valence-corrected chi connectivity index (χ1v) is 7.84. The zero-order chi connectivity index (χ0) is 13.9. The maximum absolute atomic E-state index is 6.18. The van der Waals surface area contributed by atoms with Crippen molar-refractivity contribution in [3.05, 3.63) is 16.2 Å². The molecule has 1 fully saturated rings. The zero-order valence-electron chi connectivity index (χ0n) is 11.6. The molecule has 0 radical (unpaired) electrons. The van der Waals surface area contributed by atoms with Gasteiger partial charge < -0.3 is 15.2 Å². The fraction of sp³-hybridized carbons (Fsp3) is 0.615. The summed E-state index contributed by atoms with van der Waals surface area (Å²) in [6.45, 7) is 4.97. The highest BCUT2D eigenvalue weighted by Gasteiger charge is 2.20. The standard InChI is InChI=1S/C13H19N5OS/c1-9-15-11(8-20-9)13-16-12(17-19-13)10(14)7-18-5-3-2-4-6-18/h8,10H,2-7,14H2,1H3. The Morgan fingerprint density at radius 3 is 2.85 bits per heavy atom. The van der Waals surface area contributed by atoms with Crippen molar-refractivity contribution >= 4 is 11.3 Å². The van der Waals surface area contributed by atoms with Crippen molar-refractivity contribution in [3.8, 4) is 11.6 Å². The molecule has 1 unspecified atom stereocenters. The van der Waals surface area contributed by atoms with E-state index in [4.69, 9.17) is 10.3 Å². The molecular formula is C13H19N5OS. The highest BCUT2D eigenvalue weighted by atomic mass is 32.1. The third kappa shape index (κ3) is 3.05. The smallest absolute Gasteiger partial charge is 0.277 e. The van der Waals surface area contributed by atoms with Gasteiger partial charge in [-0.1, -0.05) is 11.6 Å². The lowest BCUT2D eigenvalue weighted by Gasteiger charge is -2.27. The largest absolute Gasteiger partial charge is 0.332 e. The third-order valence-electron chi connectivity index (χ3n) is 3.52. The summed E-state index contributed by atoms with van der Waals surface area (Å²) in [6, 6.07) is -0.203. The Bertz CT molecular complexity index is 561. The Hall–Kier alpha value is -1.31. The average Bonchev–Trinajstić information content (AvgIpc) is 3.08. The molecule has 1 saturated heterocycles. The first-order valence-electron chi connectivity index (χ1n) is 6.96. The third-order valence-corrected chi connectivity index (χ3v) is 4.29. The van der Waals surface area contributed by atoms with Crippen molar-refractivity contribution in [2.45, 2.75) is 32.2 Å². The molecular weight excluding hydrogens is 274 g/mol. The number of rotatable bonds is 4. The Morgan fingerprint density at radius 1 is 1.35 bits per heavy atom. The molecule has 0 aliphatic carbocycles. The quantitative estimate of drug-likeness (QED) is 0.928. The van der Waals surface area contributed by atoms with Gasteiger partial charge in [0.15, 0.2) is 5.82 Å². The van der Waals surface area contributed by atoms with E-state index in [2.05, 4.69) is 20.0 Å². The molecule has 1 aliphatic heterocycles. The second-order valence-corrected chi connectivity index (χ2v) is 6.24. The minimum atomic E-state index is -0.203. The SMILES string of the molecule is Cc1nc(-c2nc(C(N)CN3CCCCC3)no2)cs1. The van der Waals surface area contributed by atoms with E-state index in [1.807, 2.05) is 12.3 Å². The summed E-state index contributed by atoms with van der Waals surface area (Å²) in [5.41, 5.74) is 6.91. The van der Waals surface area contributed by atoms with Crippen LogP contribution in [-0.4, -0.2) is 39.7 Å². The molecule has 0 amide bonds. The van der Waals surface area contributed by atoms with Crippen LogP contribution in [0.25, 0.3) is 11.6 Å². The van der Waals surface area contributed by atoms with Crippen LogP contribution in [0.1, 0.15) is 36.1 Å². The maximum atomic E-state index is 6.18. The van der Waals surface area contributed by atoms with E-state index in [1.165, 1.54) is 19.3 Å². The van der Waals surface area contributed by atoms with Gasteiger partial charge in [-0.05, 0) is 32.9 Å². The zero-order valence-corrected chi connectivity index (χ0v) is 12.4. The molecule has 20 heavy (non-hydrogen) atoms. The summed E-state index contributed by atoms with van der Waals surface area (Å²) in [7, 11) is 0. The Morgan fingerprint density at radius 2 is 2.15 bits per heavy atom. The maximum Gasteiger partial charge on any atom is 0.277 e. The number of hydrogen-bond acceptors (Lipinski definition) is 7. The van der Waals surface area contributed by atoms with Gasteiger partial charge >= 0.3 is 0 Å². The molecule has 1 atom stereocenters. The summed E-state index contributed by atoms with van der Waals surface area (Å²) in [4.78, 5) is 11.1. The Kier molecular flexibility index (Phi) is 4.09. The van der Waals surface area contributed by atoms with Crippen LogP contribution in [0.5, 0.6) is 0 Å². The molecule has 2 aromatic heterocycles. The minimum absolute atomic E-state index is 0.203. The summed E-state index contributed by atoms with van der Waals surface area (Å²) < 4.78 is 5.26. The fourth-order valence-corrected chi connectivity index (χ4v) is 3.04. The van der Waals surface area contributed by atoms with Crippen LogP contribution in [0.3, 0.4) is 0 Å². The van der Waals surface area contributed by atoms with Crippen LogP contribution in [0.4, 0.5) is 0 Å². The highest BCUT2D eigenvalue weighted by molar-refractivity contribution is 7.09. The topological polar surface area (TPSA) is 81.1 Å². The molecule has 0 bridgehead atoms. The molecule has 7 heteroatoms. The van der Waals surface area contributed by atoms with Gasteiger partial charge in [0, 0.05) is 11.9 Å². The molecule has 0 saturated carbocycles. The summed E-state index contributed by atoms with van der Waals surface area (Å²) >= 11 is 1.57. The van der Waals surface area contributed by atoms with Crippen molar-refractivity contribution in [1.82, 2.24) is 20.0 Å². The average molecular weight is 293 g/mol. The van der Waals surface area contributed by atoms with E-state index < -0.39 is 0 Å². The minimum Gasteiger partial charge on any atom is -0.332 e. The van der Waals surface area contributed by atoms with Crippen LogP contribution >= 0.6 is 11.3 Å². The van der Waals surface area contributed by atoms with Crippen LogP contribution in [0.15, 0.2) is 9.90 Å². The monoisotopic (exact) mass is 293 g/mol. The van der Waals surface area contributed by atoms with Crippen molar-refractivity contribution < 1.29 is 4.52 Å². The van der Waals surface area contributed by atoms with E-state index in [0.29, 0.717) is 11.7 Å². The van der Waals surface area contributed by atoms with Crippen molar-refractivity contribution in [2.75, 3.05) is 19.6 Å². The number of thiazole rings is 1. The van der Waals surface area contributed by atoms with Gasteiger partial charge in [0.25, 0.3) is 5.89 Å². The van der Waals surface area contributed by atoms with Gasteiger partial charge in [-0.3, -0.25) is 0 Å². The molecule has 1 aliphatic rings. The van der Waals surface area contributed by atoms with Gasteiger partial charge in [-0.25, -0.2) is 4.98 Å². The number of piperidine rings is 1. The molecule has 6 nitrogen and oxygen atoms in total. The number of likely N-dealkylation sites (tertiary alicyclic amines) is 1. The molecule has 0 aromatic carbocycles. The van der Waals surface area contributed by atoms with Crippen LogP contribution in [-0.2, 0) is 0 Å². The number of nitrogens with zero attached hydrogens (tertiary/aromatic N) is 4. The first kappa shape index (κ1) is 13.7. The predicted octanol–water partition coefficient (Wildman–Crippen LogP) is 1.99. The molecule has 2 N–H and O–H groups in total. The number of aryl methyl sites for hydroxylation is 1. The molecule has 3 heterocycles. The van der Waals surface area contributed by atoms with Crippen LogP contribution in [0, 0.1) is 6.92 Å². The molecule has 0 spiro atoms. The van der Waals surface area contributed by atoms with Gasteiger partial charge in [0.05, 0.1) is 11.0 Å². The van der Waals surface area contributed by atoms with Gasteiger partial charge in [-0.15, -0.1) is 11.3 Å². The molecule has 108 valence electrons. The normalized spacial score (nSPS) is 18.3. The van der Waals surface area contributed by atoms with Crippen LogP contribution in [0.2, 0.25) is 0 Å². The summed E-state index contributed by atoms with van der Waals surface area (Å²) in [6.07, 6.45) is 3.83. The van der Waals surface area contributed by atoms with Crippen molar-refractivity contribution in [3.63, 3.8) is 0 Å². The molecule has 2 aromatic rings. The van der Waals surface area contributed by atoms with Gasteiger partial charge in [0.2, 0.25) is 0 Å². The lowest BCUT2D eigenvalue weighted by molar-refractivity contribution is 0.213. The summed E-state index contributed by atoms with van der Waals surface area (Å²) in [5, 5.41) is 6.90. The second kappa shape index (κ2) is 5.99. The van der Waals surface area contributed by atoms with Crippen molar-refractivity contribution in [1.29, 1.82) is 0 Å². The van der Waals surface area contributed by atoms with Crippen molar-refractivity contribution in [2.24, 2.45) is 5.73 Å².